The lowest BCUT2D eigenvalue weighted by molar-refractivity contribution is -0.167. The van der Waals surface area contributed by atoms with Gasteiger partial charge in [-0.15, -0.1) is 0 Å². The molecule has 0 fully saturated rings. The molecule has 1 unspecified atom stereocenters. The van der Waals surface area contributed by atoms with Crippen molar-refractivity contribution < 1.29 is 28.6 Å². The molecule has 0 rings (SSSR count). The van der Waals surface area contributed by atoms with E-state index in [2.05, 4.69) is 93.7 Å². The van der Waals surface area contributed by atoms with Gasteiger partial charge in [0.05, 0.1) is 0 Å². The summed E-state index contributed by atoms with van der Waals surface area (Å²) < 4.78 is 16.9. The first kappa shape index (κ1) is 71.8. The number of hydrogen-bond donors (Lipinski definition) is 0. The summed E-state index contributed by atoms with van der Waals surface area (Å²) in [6, 6.07) is 0. The molecule has 0 aliphatic carbocycles. The largest absolute Gasteiger partial charge is 0.462 e. The molecular formula is C69H122O6. The Kier molecular flexibility index (Phi) is 60.7. The van der Waals surface area contributed by atoms with Gasteiger partial charge < -0.3 is 14.2 Å². The topological polar surface area (TPSA) is 78.9 Å². The Balaban J connectivity index is 4.19. The van der Waals surface area contributed by atoms with Gasteiger partial charge in [-0.3, -0.25) is 14.4 Å². The van der Waals surface area contributed by atoms with E-state index in [1.54, 1.807) is 0 Å². The highest BCUT2D eigenvalue weighted by molar-refractivity contribution is 5.71. The van der Waals surface area contributed by atoms with Gasteiger partial charge in [0.15, 0.2) is 6.10 Å². The number of rotatable bonds is 59. The van der Waals surface area contributed by atoms with Crippen molar-refractivity contribution in [1.29, 1.82) is 0 Å². The molecule has 0 amide bonds. The Labute approximate surface area is 465 Å². The average molecular weight is 1050 g/mol. The maximum absolute atomic E-state index is 12.9. The molecule has 0 saturated heterocycles. The van der Waals surface area contributed by atoms with Gasteiger partial charge in [0.25, 0.3) is 0 Å². The van der Waals surface area contributed by atoms with Crippen molar-refractivity contribution in [1.82, 2.24) is 0 Å². The third-order valence-corrected chi connectivity index (χ3v) is 14.2. The van der Waals surface area contributed by atoms with Crippen LogP contribution in [0.4, 0.5) is 0 Å². The fourth-order valence-corrected chi connectivity index (χ4v) is 9.35. The SMILES string of the molecule is CC/C=C\C/C=C\C/C=C\CCCCCCCCCC(=O)OC(COC(=O)CCCCCCCCCCCCC)COC(=O)CCCCCCCCCCCCCCCC/C=C\C/C=C\C/C=C\CCCCCCC. The summed E-state index contributed by atoms with van der Waals surface area (Å²) in [5.41, 5.74) is 0. The number of hydrogen-bond acceptors (Lipinski definition) is 6. The molecule has 0 aromatic heterocycles. The van der Waals surface area contributed by atoms with E-state index in [0.717, 1.165) is 96.3 Å². The van der Waals surface area contributed by atoms with Gasteiger partial charge in [0.2, 0.25) is 0 Å². The third kappa shape index (κ3) is 61.6. The Morgan fingerprint density at radius 2 is 0.520 bits per heavy atom. The zero-order valence-electron chi connectivity index (χ0n) is 49.8. The number of carbonyl (C=O) groups excluding carboxylic acids is 3. The molecular weight excluding hydrogens is 925 g/mol. The molecule has 6 nitrogen and oxygen atoms in total. The molecule has 0 spiro atoms. The van der Waals surface area contributed by atoms with Crippen LogP contribution in [0.3, 0.4) is 0 Å². The second-order valence-electron chi connectivity index (χ2n) is 21.6. The molecule has 75 heavy (non-hydrogen) atoms. The molecule has 0 aliphatic heterocycles. The maximum atomic E-state index is 12.9. The fourth-order valence-electron chi connectivity index (χ4n) is 9.35. The maximum Gasteiger partial charge on any atom is 0.306 e. The lowest BCUT2D eigenvalue weighted by atomic mass is 10.0. The van der Waals surface area contributed by atoms with Gasteiger partial charge in [0, 0.05) is 19.3 Å². The van der Waals surface area contributed by atoms with Crippen molar-refractivity contribution in [3.63, 3.8) is 0 Å². The monoisotopic (exact) mass is 1050 g/mol. The minimum Gasteiger partial charge on any atom is -0.462 e. The van der Waals surface area contributed by atoms with Crippen molar-refractivity contribution in [2.75, 3.05) is 13.2 Å². The highest BCUT2D eigenvalue weighted by Gasteiger charge is 2.19. The number of unbranched alkanes of at least 4 members (excludes halogenated alkanes) is 36. The van der Waals surface area contributed by atoms with Crippen LogP contribution >= 0.6 is 0 Å². The van der Waals surface area contributed by atoms with Crippen molar-refractivity contribution in [2.45, 2.75) is 335 Å². The molecule has 0 aromatic carbocycles. The summed E-state index contributed by atoms with van der Waals surface area (Å²) in [4.78, 5) is 38.2. The molecule has 0 heterocycles. The van der Waals surface area contributed by atoms with E-state index in [1.165, 1.54) is 193 Å². The van der Waals surface area contributed by atoms with E-state index in [4.69, 9.17) is 14.2 Å². The van der Waals surface area contributed by atoms with Crippen molar-refractivity contribution in [3.8, 4) is 0 Å². The van der Waals surface area contributed by atoms with Gasteiger partial charge in [0.1, 0.15) is 13.2 Å². The Bertz CT molecular complexity index is 1390. The molecule has 0 N–H and O–H groups in total. The highest BCUT2D eigenvalue weighted by Crippen LogP contribution is 2.17. The van der Waals surface area contributed by atoms with Crippen LogP contribution in [0.25, 0.3) is 0 Å². The molecule has 6 heteroatoms. The van der Waals surface area contributed by atoms with Crippen molar-refractivity contribution >= 4 is 17.9 Å². The summed E-state index contributed by atoms with van der Waals surface area (Å²) in [6.07, 6.45) is 82.0. The third-order valence-electron chi connectivity index (χ3n) is 14.2. The highest BCUT2D eigenvalue weighted by atomic mass is 16.6. The predicted octanol–water partition coefficient (Wildman–Crippen LogP) is 22.1. The Hall–Kier alpha value is -3.15. The zero-order valence-corrected chi connectivity index (χ0v) is 49.8. The summed E-state index contributed by atoms with van der Waals surface area (Å²) >= 11 is 0. The van der Waals surface area contributed by atoms with Crippen LogP contribution in [0, 0.1) is 0 Å². The first-order valence-electron chi connectivity index (χ1n) is 32.4. The number of esters is 3. The lowest BCUT2D eigenvalue weighted by Gasteiger charge is -2.18. The Morgan fingerprint density at radius 1 is 0.280 bits per heavy atom. The van der Waals surface area contributed by atoms with E-state index in [-0.39, 0.29) is 31.1 Å². The van der Waals surface area contributed by atoms with Gasteiger partial charge in [-0.2, -0.15) is 0 Å². The van der Waals surface area contributed by atoms with Crippen LogP contribution in [-0.2, 0) is 28.6 Å². The number of allylic oxidation sites excluding steroid dienone is 12. The molecule has 1 atom stereocenters. The number of carbonyl (C=O) groups is 3. The molecule has 0 aromatic rings. The second kappa shape index (κ2) is 63.4. The van der Waals surface area contributed by atoms with Gasteiger partial charge in [-0.05, 0) is 89.9 Å². The smallest absolute Gasteiger partial charge is 0.306 e. The second-order valence-corrected chi connectivity index (χ2v) is 21.6. The molecule has 0 bridgehead atoms. The standard InChI is InChI=1S/C69H122O6/c1-4-7-10-13-16-19-22-24-26-28-29-30-31-32-33-34-35-36-37-38-39-41-42-44-47-50-53-56-59-62-68(71)74-65-66(64-73-67(70)61-58-55-52-49-46-21-18-15-12-9-6-3)75-69(72)63-60-57-54-51-48-45-43-40-27-25-23-20-17-14-11-8-5-2/h8,11,17,20,22,24-25,27-29,31-32,66H,4-7,9-10,12-16,18-19,21,23,26,30,33-65H2,1-3H3/b11-8-,20-17-,24-22-,27-25-,29-28-,32-31-. The fraction of sp³-hybridized carbons (Fsp3) is 0.783. The lowest BCUT2D eigenvalue weighted by Crippen LogP contribution is -2.30. The average Bonchev–Trinajstić information content (AvgIpc) is 3.41. The van der Waals surface area contributed by atoms with E-state index in [1.807, 2.05) is 0 Å². The first-order chi connectivity index (χ1) is 37.0. The van der Waals surface area contributed by atoms with E-state index < -0.39 is 6.10 Å². The summed E-state index contributed by atoms with van der Waals surface area (Å²) in [5, 5.41) is 0. The first-order valence-corrected chi connectivity index (χ1v) is 32.4. The van der Waals surface area contributed by atoms with Gasteiger partial charge in [-0.1, -0.05) is 293 Å². The predicted molar refractivity (Wildman–Crippen MR) is 325 cm³/mol. The minimum atomic E-state index is -0.779. The van der Waals surface area contributed by atoms with E-state index in [9.17, 15) is 14.4 Å². The van der Waals surface area contributed by atoms with Crippen molar-refractivity contribution in [3.05, 3.63) is 72.9 Å². The Morgan fingerprint density at radius 3 is 0.813 bits per heavy atom. The summed E-state index contributed by atoms with van der Waals surface area (Å²) in [6.45, 7) is 6.54. The van der Waals surface area contributed by atoms with Crippen LogP contribution in [0.2, 0.25) is 0 Å². The molecule has 434 valence electrons. The van der Waals surface area contributed by atoms with Gasteiger partial charge in [-0.25, -0.2) is 0 Å². The normalized spacial score (nSPS) is 12.5. The quantitative estimate of drug-likeness (QED) is 0.0261. The summed E-state index contributed by atoms with van der Waals surface area (Å²) in [7, 11) is 0. The van der Waals surface area contributed by atoms with E-state index in [0.29, 0.717) is 19.3 Å². The van der Waals surface area contributed by atoms with Crippen LogP contribution in [-0.4, -0.2) is 37.2 Å². The summed E-state index contributed by atoms with van der Waals surface area (Å²) in [5.74, 6) is -0.873. The van der Waals surface area contributed by atoms with Crippen LogP contribution in [0.15, 0.2) is 72.9 Å². The zero-order chi connectivity index (χ0) is 54.3. The van der Waals surface area contributed by atoms with Crippen LogP contribution in [0.5, 0.6) is 0 Å². The number of ether oxygens (including phenoxy) is 3. The molecule has 0 saturated carbocycles. The van der Waals surface area contributed by atoms with Crippen molar-refractivity contribution in [2.24, 2.45) is 0 Å². The molecule has 0 radical (unpaired) electrons. The van der Waals surface area contributed by atoms with Gasteiger partial charge >= 0.3 is 17.9 Å². The van der Waals surface area contributed by atoms with Crippen LogP contribution in [0.1, 0.15) is 329 Å². The molecule has 0 aliphatic rings. The van der Waals surface area contributed by atoms with E-state index >= 15 is 0 Å². The van der Waals surface area contributed by atoms with Crippen LogP contribution < -0.4 is 0 Å². The minimum absolute atomic E-state index is 0.0761.